The molecule has 6 nitrogen and oxygen atoms in total. The molecule has 196 valence electrons. The Balaban J connectivity index is 0.00000481. The molecule has 0 amide bonds. The van der Waals surface area contributed by atoms with Crippen LogP contribution in [0.15, 0.2) is 79.0 Å². The molecule has 3 aromatic rings. The fourth-order valence-corrected chi connectivity index (χ4v) is 4.33. The number of hydrogen-bond donors (Lipinski definition) is 0. The minimum Gasteiger partial charge on any atom is -0.465 e. The Kier molecular flexibility index (Phi) is 9.89. The van der Waals surface area contributed by atoms with Gasteiger partial charge in [-0.1, -0.05) is 65.1 Å². The molecule has 0 saturated heterocycles. The van der Waals surface area contributed by atoms with Crippen LogP contribution in [0.4, 0.5) is 5.95 Å². The molecular weight excluding hydrogens is 460 g/mol. The van der Waals surface area contributed by atoms with Gasteiger partial charge in [0.25, 0.3) is 0 Å². The Morgan fingerprint density at radius 1 is 1.03 bits per heavy atom. The molecule has 1 atom stereocenters. The highest BCUT2D eigenvalue weighted by atomic mass is 16.5. The van der Waals surface area contributed by atoms with Gasteiger partial charge in [-0.2, -0.15) is 0 Å². The van der Waals surface area contributed by atoms with Crippen molar-refractivity contribution in [2.75, 3.05) is 12.0 Å². The Labute approximate surface area is 222 Å². The lowest BCUT2D eigenvalue weighted by Gasteiger charge is -2.34. The Bertz CT molecular complexity index is 1230. The van der Waals surface area contributed by atoms with Crippen LogP contribution in [0.3, 0.4) is 0 Å². The van der Waals surface area contributed by atoms with Crippen LogP contribution >= 0.6 is 0 Å². The molecule has 0 bridgehead atoms. The predicted octanol–water partition coefficient (Wildman–Crippen LogP) is 7.58. The van der Waals surface area contributed by atoms with Gasteiger partial charge in [-0.25, -0.2) is 14.8 Å². The second-order valence-electron chi connectivity index (χ2n) is 9.45. The molecule has 0 aliphatic carbocycles. The molecule has 0 aliphatic rings. The molecule has 0 fully saturated rings. The van der Waals surface area contributed by atoms with E-state index in [2.05, 4.69) is 79.6 Å². The Morgan fingerprint density at radius 2 is 1.65 bits per heavy atom. The third kappa shape index (κ3) is 6.13. The number of anilines is 1. The summed E-state index contributed by atoms with van der Waals surface area (Å²) in [5.74, 6) is 0.495. The Morgan fingerprint density at radius 3 is 2.11 bits per heavy atom. The van der Waals surface area contributed by atoms with E-state index >= 15 is 0 Å². The van der Waals surface area contributed by atoms with Crippen LogP contribution < -0.4 is 4.90 Å². The maximum Gasteiger partial charge on any atom is 0.339 e. The lowest BCUT2D eigenvalue weighted by atomic mass is 9.70. The van der Waals surface area contributed by atoms with E-state index in [1.165, 1.54) is 7.11 Å². The van der Waals surface area contributed by atoms with Gasteiger partial charge >= 0.3 is 5.97 Å². The van der Waals surface area contributed by atoms with E-state index in [0.717, 1.165) is 40.2 Å². The summed E-state index contributed by atoms with van der Waals surface area (Å²) in [7, 11) is 1.37. The highest BCUT2D eigenvalue weighted by molar-refractivity contribution is 5.88. The van der Waals surface area contributed by atoms with Crippen LogP contribution in [0.2, 0.25) is 0 Å². The Hall–Kier alpha value is -3.80. The first-order chi connectivity index (χ1) is 17.1. The number of benzene rings is 1. The lowest BCUT2D eigenvalue weighted by Crippen LogP contribution is -2.31. The van der Waals surface area contributed by atoms with E-state index in [0.29, 0.717) is 11.5 Å². The van der Waals surface area contributed by atoms with Crippen LogP contribution in [-0.4, -0.2) is 28.0 Å². The maximum absolute atomic E-state index is 11.8. The van der Waals surface area contributed by atoms with Gasteiger partial charge in [0.1, 0.15) is 0 Å². The molecule has 2 aromatic heterocycles. The molecule has 6 heteroatoms. The van der Waals surface area contributed by atoms with Crippen molar-refractivity contribution in [1.29, 1.82) is 0 Å². The van der Waals surface area contributed by atoms with E-state index in [4.69, 9.17) is 4.74 Å². The zero-order valence-corrected chi connectivity index (χ0v) is 22.4. The number of carbonyl (C=O) groups excluding carboxylic acids is 1. The van der Waals surface area contributed by atoms with Gasteiger partial charge in [0.15, 0.2) is 0 Å². The summed E-state index contributed by atoms with van der Waals surface area (Å²) in [5.41, 5.74) is 6.06. The molecule has 0 aliphatic heterocycles. The summed E-state index contributed by atoms with van der Waals surface area (Å²) in [6.07, 6.45) is 8.34. The topological polar surface area (TPSA) is 68.2 Å². The second kappa shape index (κ2) is 12.4. The fourth-order valence-electron chi connectivity index (χ4n) is 4.33. The van der Waals surface area contributed by atoms with E-state index in [9.17, 15) is 4.79 Å². The van der Waals surface area contributed by atoms with Gasteiger partial charge < -0.3 is 4.74 Å². The predicted molar refractivity (Wildman–Crippen MR) is 152 cm³/mol. The van der Waals surface area contributed by atoms with Crippen LogP contribution in [0.1, 0.15) is 77.0 Å². The van der Waals surface area contributed by atoms with Crippen molar-refractivity contribution >= 4 is 11.9 Å². The summed E-state index contributed by atoms with van der Waals surface area (Å²) in [4.78, 5) is 27.7. The number of aromatic nitrogens is 3. The highest BCUT2D eigenvalue weighted by Gasteiger charge is 2.34. The van der Waals surface area contributed by atoms with Gasteiger partial charge in [0.05, 0.1) is 18.4 Å². The zero-order valence-electron chi connectivity index (χ0n) is 22.4. The molecule has 37 heavy (non-hydrogen) atoms. The zero-order chi connectivity index (χ0) is 26.5. The molecule has 2 heterocycles. The maximum atomic E-state index is 11.8. The first-order valence-corrected chi connectivity index (χ1v) is 12.2. The molecule has 3 rings (SSSR count). The van der Waals surface area contributed by atoms with Crippen molar-refractivity contribution in [2.24, 2.45) is 5.92 Å². The van der Waals surface area contributed by atoms with Gasteiger partial charge in [0.2, 0.25) is 5.95 Å². The van der Waals surface area contributed by atoms with E-state index < -0.39 is 0 Å². The van der Waals surface area contributed by atoms with Crippen LogP contribution in [-0.2, 0) is 10.2 Å². The number of ether oxygens (including phenoxy) is 1. The fraction of sp³-hybridized carbons (Fsp3) is 0.355. The summed E-state index contributed by atoms with van der Waals surface area (Å²) in [5, 5.41) is 0. The van der Waals surface area contributed by atoms with Crippen molar-refractivity contribution in [3.63, 3.8) is 0 Å². The highest BCUT2D eigenvalue weighted by Crippen LogP contribution is 2.38. The van der Waals surface area contributed by atoms with Gasteiger partial charge in [-0.15, -0.1) is 0 Å². The SMILES string of the molecule is C.C=C(C)N(/C(C)=C\CC)c1ncc(-c2ccc(C(C)(c3ccc(C(=O)OC)cn3)C(C)C)cc2)cn1. The van der Waals surface area contributed by atoms with Crippen molar-refractivity contribution in [1.82, 2.24) is 15.0 Å². The smallest absolute Gasteiger partial charge is 0.339 e. The number of carbonyl (C=O) groups is 1. The molecule has 0 radical (unpaired) electrons. The summed E-state index contributed by atoms with van der Waals surface area (Å²) in [6, 6.07) is 12.1. The first kappa shape index (κ1) is 29.4. The van der Waals surface area contributed by atoms with Crippen LogP contribution in [0.25, 0.3) is 11.1 Å². The minimum absolute atomic E-state index is 0. The van der Waals surface area contributed by atoms with Gasteiger partial charge in [-0.3, -0.25) is 9.88 Å². The average molecular weight is 501 g/mol. The monoisotopic (exact) mass is 500 g/mol. The number of rotatable bonds is 9. The summed E-state index contributed by atoms with van der Waals surface area (Å²) >= 11 is 0. The number of hydrogen-bond acceptors (Lipinski definition) is 6. The molecule has 0 N–H and O–H groups in total. The third-order valence-electron chi connectivity index (χ3n) is 6.76. The van der Waals surface area contributed by atoms with E-state index in [-0.39, 0.29) is 24.7 Å². The van der Waals surface area contributed by atoms with Crippen molar-refractivity contribution in [2.45, 2.75) is 60.8 Å². The minimum atomic E-state index is -0.388. The molecule has 0 spiro atoms. The molecule has 1 unspecified atom stereocenters. The number of allylic oxidation sites excluding steroid dienone is 3. The summed E-state index contributed by atoms with van der Waals surface area (Å²) < 4.78 is 4.80. The third-order valence-corrected chi connectivity index (χ3v) is 6.76. The number of nitrogens with zero attached hydrogens (tertiary/aromatic N) is 4. The van der Waals surface area contributed by atoms with Crippen molar-refractivity contribution in [3.8, 4) is 11.1 Å². The van der Waals surface area contributed by atoms with Crippen LogP contribution in [0, 0.1) is 5.92 Å². The standard InChI is InChI=1S/C30H36N4O2.CH4/c1-9-10-22(6)34(21(4)5)29-32-18-25(19-33-29)23-11-14-26(15-12-23)30(7,20(2)3)27-16-13-24(17-31-27)28(35)36-8;/h10-20H,4,9H2,1-3,5-8H3;1H4/b22-10-;. The molecule has 1 aromatic carbocycles. The largest absolute Gasteiger partial charge is 0.465 e. The second-order valence-corrected chi connectivity index (χ2v) is 9.45. The molecular formula is C31H40N4O2. The quantitative estimate of drug-likeness (QED) is 0.282. The van der Waals surface area contributed by atoms with Crippen molar-refractivity contribution < 1.29 is 9.53 Å². The normalized spacial score (nSPS) is 12.9. The molecule has 0 saturated carbocycles. The van der Waals surface area contributed by atoms with Gasteiger partial charge in [-0.05, 0) is 56.4 Å². The first-order valence-electron chi connectivity index (χ1n) is 12.2. The summed E-state index contributed by atoms with van der Waals surface area (Å²) in [6.45, 7) is 16.7. The van der Waals surface area contributed by atoms with E-state index in [1.807, 2.05) is 37.2 Å². The number of methoxy groups -OCH3 is 1. The van der Waals surface area contributed by atoms with Crippen LogP contribution in [0.5, 0.6) is 0 Å². The van der Waals surface area contributed by atoms with Gasteiger partial charge in [0, 0.05) is 41.0 Å². The number of pyridine rings is 1. The van der Waals surface area contributed by atoms with Crippen molar-refractivity contribution in [3.05, 3.63) is 95.9 Å². The number of esters is 1. The van der Waals surface area contributed by atoms with E-state index in [1.54, 1.807) is 12.3 Å². The average Bonchev–Trinajstić information content (AvgIpc) is 2.88. The lowest BCUT2D eigenvalue weighted by molar-refractivity contribution is 0.0600.